The molecule has 3 rings (SSSR count). The van der Waals surface area contributed by atoms with E-state index in [2.05, 4.69) is 40.1 Å². The minimum atomic E-state index is -0.450. The Hall–Kier alpha value is -1.39. The zero-order chi connectivity index (χ0) is 13.3. The first kappa shape index (κ1) is 12.6. The van der Waals surface area contributed by atoms with Crippen LogP contribution in [0.4, 0.5) is 0 Å². The third kappa shape index (κ3) is 2.65. The number of aryl methyl sites for hydroxylation is 1. The topological polar surface area (TPSA) is 49.6 Å². The molecule has 1 fully saturated rings. The molecular formula is C15H21N3O. The predicted molar refractivity (Wildman–Crippen MR) is 75.1 cm³/mol. The number of imidazole rings is 1. The van der Waals surface area contributed by atoms with Crippen LogP contribution >= 0.6 is 0 Å². The highest BCUT2D eigenvalue weighted by atomic mass is 16.3. The first-order valence-electron chi connectivity index (χ1n) is 7.08. The zero-order valence-corrected chi connectivity index (χ0v) is 11.4. The van der Waals surface area contributed by atoms with Gasteiger partial charge in [0.05, 0.1) is 11.3 Å². The molecule has 0 unspecified atom stereocenters. The lowest BCUT2D eigenvalue weighted by molar-refractivity contribution is -0.0314. The van der Waals surface area contributed by atoms with E-state index in [4.69, 9.17) is 0 Å². The number of aromatic nitrogens is 2. The molecule has 4 nitrogen and oxygen atoms in total. The maximum atomic E-state index is 10.0. The summed E-state index contributed by atoms with van der Waals surface area (Å²) in [6.45, 7) is 3.59. The van der Waals surface area contributed by atoms with Gasteiger partial charge in [-0.1, -0.05) is 13.0 Å². The number of fused-ring (bicyclic) bond motifs is 1. The average Bonchev–Trinajstić information content (AvgIpc) is 2.79. The molecule has 2 N–H and O–H groups in total. The molecule has 2 heterocycles. The van der Waals surface area contributed by atoms with E-state index in [1.807, 2.05) is 6.07 Å². The number of rotatable bonds is 5. The summed E-state index contributed by atoms with van der Waals surface area (Å²) in [6, 6.07) is 4.15. The Morgan fingerprint density at radius 3 is 2.89 bits per heavy atom. The van der Waals surface area contributed by atoms with E-state index in [0.717, 1.165) is 43.6 Å². The van der Waals surface area contributed by atoms with E-state index in [1.54, 1.807) is 0 Å². The van der Waals surface area contributed by atoms with Crippen molar-refractivity contribution in [3.63, 3.8) is 0 Å². The Morgan fingerprint density at radius 1 is 1.37 bits per heavy atom. The SMILES string of the molecule is CCc1cn2cc(CNCC3(O)CCC3)ccc2n1. The minimum absolute atomic E-state index is 0.450. The van der Waals surface area contributed by atoms with Crippen molar-refractivity contribution in [2.24, 2.45) is 0 Å². The van der Waals surface area contributed by atoms with Gasteiger partial charge in [0.15, 0.2) is 0 Å². The molecule has 0 spiro atoms. The fourth-order valence-electron chi connectivity index (χ4n) is 2.57. The van der Waals surface area contributed by atoms with Crippen LogP contribution in [0.2, 0.25) is 0 Å². The second kappa shape index (κ2) is 4.94. The van der Waals surface area contributed by atoms with E-state index < -0.39 is 5.60 Å². The lowest BCUT2D eigenvalue weighted by Gasteiger charge is -2.36. The Morgan fingerprint density at radius 2 is 2.21 bits per heavy atom. The second-order valence-corrected chi connectivity index (χ2v) is 5.57. The number of aliphatic hydroxyl groups is 1. The third-order valence-corrected chi connectivity index (χ3v) is 3.99. The number of hydrogen-bond acceptors (Lipinski definition) is 3. The van der Waals surface area contributed by atoms with Crippen molar-refractivity contribution in [3.05, 3.63) is 35.8 Å². The summed E-state index contributed by atoms with van der Waals surface area (Å²) in [4.78, 5) is 4.52. The number of nitrogens with zero attached hydrogens (tertiary/aromatic N) is 2. The molecule has 2 aromatic rings. The molecule has 0 radical (unpaired) electrons. The Bertz CT molecular complexity index is 572. The van der Waals surface area contributed by atoms with Crippen LogP contribution in [0.3, 0.4) is 0 Å². The number of pyridine rings is 1. The van der Waals surface area contributed by atoms with E-state index in [-0.39, 0.29) is 0 Å². The first-order valence-corrected chi connectivity index (χ1v) is 7.08. The lowest BCUT2D eigenvalue weighted by Crippen LogP contribution is -2.45. The van der Waals surface area contributed by atoms with Crippen molar-refractivity contribution in [1.29, 1.82) is 0 Å². The molecule has 1 aliphatic rings. The van der Waals surface area contributed by atoms with E-state index >= 15 is 0 Å². The van der Waals surface area contributed by atoms with Crippen LogP contribution in [0, 0.1) is 0 Å². The van der Waals surface area contributed by atoms with Crippen molar-refractivity contribution >= 4 is 5.65 Å². The summed E-state index contributed by atoms with van der Waals surface area (Å²) in [7, 11) is 0. The maximum Gasteiger partial charge on any atom is 0.136 e. The second-order valence-electron chi connectivity index (χ2n) is 5.57. The Kier molecular flexibility index (Phi) is 3.29. The molecule has 102 valence electrons. The van der Waals surface area contributed by atoms with Gasteiger partial charge in [-0.25, -0.2) is 4.98 Å². The average molecular weight is 259 g/mol. The molecule has 0 atom stereocenters. The molecule has 2 aromatic heterocycles. The standard InChI is InChI=1S/C15H21N3O/c1-2-13-10-18-9-12(4-5-14(18)17-13)8-16-11-15(19)6-3-7-15/h4-5,9-10,16,19H,2-3,6-8,11H2,1H3. The Labute approximate surface area is 113 Å². The van der Waals surface area contributed by atoms with Crippen LogP contribution in [0.1, 0.15) is 37.4 Å². The number of nitrogens with one attached hydrogen (secondary N) is 1. The molecule has 0 bridgehead atoms. The minimum Gasteiger partial charge on any atom is -0.389 e. The zero-order valence-electron chi connectivity index (χ0n) is 11.4. The van der Waals surface area contributed by atoms with Crippen LogP contribution in [-0.4, -0.2) is 26.6 Å². The maximum absolute atomic E-state index is 10.0. The largest absolute Gasteiger partial charge is 0.389 e. The normalized spacial score (nSPS) is 17.6. The summed E-state index contributed by atoms with van der Waals surface area (Å²) in [5.74, 6) is 0. The fraction of sp³-hybridized carbons (Fsp3) is 0.533. The summed E-state index contributed by atoms with van der Waals surface area (Å²) < 4.78 is 2.08. The lowest BCUT2D eigenvalue weighted by atomic mass is 9.80. The van der Waals surface area contributed by atoms with Gasteiger partial charge in [0.25, 0.3) is 0 Å². The highest BCUT2D eigenvalue weighted by molar-refractivity contribution is 5.41. The van der Waals surface area contributed by atoms with E-state index in [9.17, 15) is 5.11 Å². The summed E-state index contributed by atoms with van der Waals surface area (Å²) >= 11 is 0. The van der Waals surface area contributed by atoms with E-state index in [1.165, 1.54) is 5.56 Å². The molecular weight excluding hydrogens is 238 g/mol. The van der Waals surface area contributed by atoms with E-state index in [0.29, 0.717) is 6.54 Å². The highest BCUT2D eigenvalue weighted by Crippen LogP contribution is 2.30. The fourth-order valence-corrected chi connectivity index (χ4v) is 2.57. The van der Waals surface area contributed by atoms with Gasteiger partial charge < -0.3 is 14.8 Å². The molecule has 0 amide bonds. The molecule has 19 heavy (non-hydrogen) atoms. The van der Waals surface area contributed by atoms with Crippen LogP contribution in [0.5, 0.6) is 0 Å². The van der Waals surface area contributed by atoms with Crippen molar-refractivity contribution in [1.82, 2.24) is 14.7 Å². The van der Waals surface area contributed by atoms with Crippen LogP contribution in [0.25, 0.3) is 5.65 Å². The first-order chi connectivity index (χ1) is 9.18. The summed E-state index contributed by atoms with van der Waals surface area (Å²) in [5.41, 5.74) is 2.89. The monoisotopic (exact) mass is 259 g/mol. The Balaban J connectivity index is 1.64. The summed E-state index contributed by atoms with van der Waals surface area (Å²) in [5, 5.41) is 13.4. The molecule has 0 aliphatic heterocycles. The van der Waals surface area contributed by atoms with Gasteiger partial charge in [-0.15, -0.1) is 0 Å². The molecule has 1 aliphatic carbocycles. The van der Waals surface area contributed by atoms with Gasteiger partial charge in [-0.05, 0) is 37.3 Å². The smallest absolute Gasteiger partial charge is 0.136 e. The third-order valence-electron chi connectivity index (χ3n) is 3.99. The molecule has 1 saturated carbocycles. The van der Waals surface area contributed by atoms with Gasteiger partial charge in [0, 0.05) is 25.5 Å². The molecule has 0 saturated heterocycles. The van der Waals surface area contributed by atoms with Crippen LogP contribution < -0.4 is 5.32 Å². The van der Waals surface area contributed by atoms with Gasteiger partial charge in [-0.3, -0.25) is 0 Å². The summed E-state index contributed by atoms with van der Waals surface area (Å²) in [6.07, 6.45) is 8.17. The van der Waals surface area contributed by atoms with Crippen molar-refractivity contribution in [3.8, 4) is 0 Å². The van der Waals surface area contributed by atoms with Gasteiger partial charge in [0.1, 0.15) is 5.65 Å². The van der Waals surface area contributed by atoms with Crippen molar-refractivity contribution < 1.29 is 5.11 Å². The van der Waals surface area contributed by atoms with Crippen molar-refractivity contribution in [2.45, 2.75) is 44.8 Å². The van der Waals surface area contributed by atoms with Crippen molar-refractivity contribution in [2.75, 3.05) is 6.54 Å². The number of hydrogen-bond donors (Lipinski definition) is 2. The molecule has 0 aromatic carbocycles. The van der Waals surface area contributed by atoms with Gasteiger partial charge in [0.2, 0.25) is 0 Å². The van der Waals surface area contributed by atoms with Gasteiger partial charge in [-0.2, -0.15) is 0 Å². The molecule has 4 heteroatoms. The van der Waals surface area contributed by atoms with Crippen LogP contribution in [-0.2, 0) is 13.0 Å². The highest BCUT2D eigenvalue weighted by Gasteiger charge is 2.33. The van der Waals surface area contributed by atoms with Gasteiger partial charge >= 0.3 is 0 Å². The predicted octanol–water partition coefficient (Wildman–Crippen LogP) is 1.90. The van der Waals surface area contributed by atoms with Crippen LogP contribution in [0.15, 0.2) is 24.5 Å². The quantitative estimate of drug-likeness (QED) is 0.862.